The Morgan fingerprint density at radius 2 is 1.71 bits per heavy atom. The number of hydrogen-bond donors (Lipinski definition) is 2. The maximum Gasteiger partial charge on any atom is 0.411 e. The van der Waals surface area contributed by atoms with Gasteiger partial charge in [0.25, 0.3) is 0 Å². The molecule has 0 aliphatic heterocycles. The van der Waals surface area contributed by atoms with Crippen LogP contribution >= 0.6 is 15.9 Å². The first-order chi connectivity index (χ1) is 9.84. The van der Waals surface area contributed by atoms with Gasteiger partial charge in [0.15, 0.2) is 0 Å². The molecule has 1 rings (SSSR count). The summed E-state index contributed by atoms with van der Waals surface area (Å²) in [5, 5.41) is 19.3. The lowest BCUT2D eigenvalue weighted by Gasteiger charge is -2.31. The number of hydrogen-bond acceptors (Lipinski definition) is 3. The first-order valence-electron chi connectivity index (χ1n) is 6.46. The van der Waals surface area contributed by atoms with Gasteiger partial charge in [-0.15, -0.1) is 0 Å². The highest BCUT2D eigenvalue weighted by atomic mass is 79.9. The van der Waals surface area contributed by atoms with Crippen molar-refractivity contribution in [1.29, 1.82) is 0 Å². The van der Waals surface area contributed by atoms with E-state index in [9.17, 15) is 23.4 Å². The molecule has 0 saturated heterocycles. The van der Waals surface area contributed by atoms with E-state index in [-0.39, 0.29) is 19.8 Å². The molecule has 0 amide bonds. The largest absolute Gasteiger partial charge is 0.411 e. The molecule has 0 bridgehead atoms. The van der Waals surface area contributed by atoms with Crippen LogP contribution in [0.5, 0.6) is 0 Å². The molecule has 0 radical (unpaired) electrons. The van der Waals surface area contributed by atoms with Crippen LogP contribution in [-0.4, -0.2) is 42.8 Å². The van der Waals surface area contributed by atoms with E-state index in [1.54, 1.807) is 24.3 Å². The molecular formula is C14H18BrF3O3. The number of halogens is 4. The summed E-state index contributed by atoms with van der Waals surface area (Å²) in [7, 11) is 0. The van der Waals surface area contributed by atoms with E-state index in [2.05, 4.69) is 20.7 Å². The summed E-state index contributed by atoms with van der Waals surface area (Å²) in [5.74, 6) is 0. The lowest BCUT2D eigenvalue weighted by atomic mass is 9.78. The van der Waals surface area contributed by atoms with Crippen molar-refractivity contribution < 1.29 is 28.1 Å². The highest BCUT2D eigenvalue weighted by molar-refractivity contribution is 9.10. The van der Waals surface area contributed by atoms with Crippen molar-refractivity contribution in [3.05, 3.63) is 34.3 Å². The monoisotopic (exact) mass is 370 g/mol. The molecule has 0 unspecified atom stereocenters. The molecule has 120 valence electrons. The Labute approximate surface area is 129 Å². The number of aliphatic hydroxyl groups is 2. The molecule has 0 aliphatic rings. The second kappa shape index (κ2) is 8.12. The van der Waals surface area contributed by atoms with Crippen molar-refractivity contribution >= 4 is 15.9 Å². The summed E-state index contributed by atoms with van der Waals surface area (Å²) in [6.07, 6.45) is -3.72. The van der Waals surface area contributed by atoms with Gasteiger partial charge in [-0.2, -0.15) is 13.2 Å². The summed E-state index contributed by atoms with van der Waals surface area (Å²) in [6, 6.07) is 7.14. The second-order valence-electron chi connectivity index (χ2n) is 4.85. The average Bonchev–Trinajstić information content (AvgIpc) is 2.43. The fourth-order valence-corrected chi connectivity index (χ4v) is 2.81. The molecule has 2 N–H and O–H groups in total. The van der Waals surface area contributed by atoms with E-state index >= 15 is 0 Å². The van der Waals surface area contributed by atoms with Crippen LogP contribution in [0.15, 0.2) is 28.7 Å². The standard InChI is InChI=1S/C14H18BrF3O3/c15-12-5-2-1-4-11(12)13(8-19,9-20)6-3-7-21-10-14(16,17)18/h1-2,4-5,19-20H,3,6-10H2. The minimum absolute atomic E-state index is 0.0777. The van der Waals surface area contributed by atoms with Gasteiger partial charge in [-0.05, 0) is 24.5 Å². The van der Waals surface area contributed by atoms with Crippen molar-refractivity contribution in [1.82, 2.24) is 0 Å². The zero-order chi connectivity index (χ0) is 15.9. The smallest absolute Gasteiger partial charge is 0.395 e. The molecule has 0 aromatic heterocycles. The highest BCUT2D eigenvalue weighted by Gasteiger charge is 2.32. The van der Waals surface area contributed by atoms with Crippen LogP contribution in [0.3, 0.4) is 0 Å². The van der Waals surface area contributed by atoms with Crippen molar-refractivity contribution in [2.45, 2.75) is 24.4 Å². The van der Waals surface area contributed by atoms with Crippen molar-refractivity contribution in [2.75, 3.05) is 26.4 Å². The SMILES string of the molecule is OCC(CO)(CCCOCC(F)(F)F)c1ccccc1Br. The molecule has 21 heavy (non-hydrogen) atoms. The van der Waals surface area contributed by atoms with Gasteiger partial charge in [0.05, 0.1) is 13.2 Å². The highest BCUT2D eigenvalue weighted by Crippen LogP contribution is 2.34. The number of benzene rings is 1. The Morgan fingerprint density at radius 3 is 2.24 bits per heavy atom. The summed E-state index contributed by atoms with van der Waals surface area (Å²) < 4.78 is 41.2. The van der Waals surface area contributed by atoms with Gasteiger partial charge < -0.3 is 14.9 Å². The average molecular weight is 371 g/mol. The van der Waals surface area contributed by atoms with Crippen molar-refractivity contribution in [3.8, 4) is 0 Å². The van der Waals surface area contributed by atoms with Crippen LogP contribution in [0, 0.1) is 0 Å². The number of alkyl halides is 3. The topological polar surface area (TPSA) is 49.7 Å². The third kappa shape index (κ3) is 5.58. The minimum Gasteiger partial charge on any atom is -0.395 e. The fraction of sp³-hybridized carbons (Fsp3) is 0.571. The molecule has 1 aromatic carbocycles. The van der Waals surface area contributed by atoms with E-state index in [4.69, 9.17) is 0 Å². The van der Waals surface area contributed by atoms with E-state index < -0.39 is 18.2 Å². The van der Waals surface area contributed by atoms with E-state index in [0.29, 0.717) is 12.8 Å². The molecule has 1 aromatic rings. The molecule has 0 fully saturated rings. The lowest BCUT2D eigenvalue weighted by Crippen LogP contribution is -2.35. The van der Waals surface area contributed by atoms with Crippen LogP contribution in [0.25, 0.3) is 0 Å². The molecule has 0 saturated carbocycles. The summed E-state index contributed by atoms with van der Waals surface area (Å²) in [4.78, 5) is 0. The number of aliphatic hydroxyl groups excluding tert-OH is 2. The third-order valence-electron chi connectivity index (χ3n) is 3.26. The summed E-state index contributed by atoms with van der Waals surface area (Å²) in [6.45, 7) is -1.96. The Kier molecular flexibility index (Phi) is 7.12. The van der Waals surface area contributed by atoms with Crippen LogP contribution < -0.4 is 0 Å². The van der Waals surface area contributed by atoms with Crippen molar-refractivity contribution in [3.63, 3.8) is 0 Å². The van der Waals surface area contributed by atoms with Gasteiger partial charge in [-0.3, -0.25) is 0 Å². The Bertz CT molecular complexity index is 434. The van der Waals surface area contributed by atoms with Gasteiger partial charge in [0.1, 0.15) is 6.61 Å². The van der Waals surface area contributed by atoms with Gasteiger partial charge in [-0.1, -0.05) is 34.1 Å². The van der Waals surface area contributed by atoms with Crippen LogP contribution in [0.4, 0.5) is 13.2 Å². The van der Waals surface area contributed by atoms with Gasteiger partial charge in [0, 0.05) is 16.5 Å². The van der Waals surface area contributed by atoms with Crippen LogP contribution in [0.1, 0.15) is 18.4 Å². The first-order valence-corrected chi connectivity index (χ1v) is 7.25. The van der Waals surface area contributed by atoms with Crippen LogP contribution in [-0.2, 0) is 10.2 Å². The van der Waals surface area contributed by atoms with E-state index in [1.807, 2.05) is 0 Å². The quantitative estimate of drug-likeness (QED) is 0.691. The summed E-state index contributed by atoms with van der Waals surface area (Å²) >= 11 is 3.36. The predicted molar refractivity (Wildman–Crippen MR) is 76.1 cm³/mol. The summed E-state index contributed by atoms with van der Waals surface area (Å²) in [5.41, 5.74) is -0.173. The zero-order valence-electron chi connectivity index (χ0n) is 11.4. The third-order valence-corrected chi connectivity index (χ3v) is 3.95. The van der Waals surface area contributed by atoms with Gasteiger partial charge in [0.2, 0.25) is 0 Å². The van der Waals surface area contributed by atoms with E-state index in [1.165, 1.54) is 0 Å². The molecule has 7 heteroatoms. The number of ether oxygens (including phenoxy) is 1. The predicted octanol–water partition coefficient (Wildman–Crippen LogP) is 3.03. The minimum atomic E-state index is -4.34. The molecule has 0 heterocycles. The Hall–Kier alpha value is -0.630. The molecule has 0 aliphatic carbocycles. The first kappa shape index (κ1) is 18.4. The molecule has 0 atom stereocenters. The maximum absolute atomic E-state index is 12.0. The van der Waals surface area contributed by atoms with Gasteiger partial charge >= 0.3 is 6.18 Å². The molecular weight excluding hydrogens is 353 g/mol. The van der Waals surface area contributed by atoms with Crippen LogP contribution in [0.2, 0.25) is 0 Å². The maximum atomic E-state index is 12.0. The second-order valence-corrected chi connectivity index (χ2v) is 5.70. The molecule has 0 spiro atoms. The fourth-order valence-electron chi connectivity index (χ4n) is 2.10. The Balaban J connectivity index is 2.64. The van der Waals surface area contributed by atoms with E-state index in [0.717, 1.165) is 10.0 Å². The molecule has 3 nitrogen and oxygen atoms in total. The Morgan fingerprint density at radius 1 is 1.10 bits per heavy atom. The number of rotatable bonds is 8. The zero-order valence-corrected chi connectivity index (χ0v) is 13.0. The van der Waals surface area contributed by atoms with Crippen molar-refractivity contribution in [2.24, 2.45) is 0 Å². The normalized spacial score (nSPS) is 12.7. The lowest BCUT2D eigenvalue weighted by molar-refractivity contribution is -0.174. The van der Waals surface area contributed by atoms with Gasteiger partial charge in [-0.25, -0.2) is 0 Å².